The van der Waals surface area contributed by atoms with E-state index in [2.05, 4.69) is 16.0 Å². The zero-order chi connectivity index (χ0) is 20.1. The van der Waals surface area contributed by atoms with E-state index in [0.29, 0.717) is 12.2 Å². The van der Waals surface area contributed by atoms with E-state index in [-0.39, 0.29) is 5.69 Å². The second-order valence-electron chi connectivity index (χ2n) is 6.08. The van der Waals surface area contributed by atoms with Crippen LogP contribution in [0, 0.1) is 0 Å². The molecule has 3 aromatic rings. The van der Waals surface area contributed by atoms with Crippen molar-refractivity contribution in [3.63, 3.8) is 0 Å². The third-order valence-corrected chi connectivity index (χ3v) is 4.68. The minimum absolute atomic E-state index is 0.0655. The van der Waals surface area contributed by atoms with Gasteiger partial charge in [0.2, 0.25) is 0 Å². The average molecular weight is 405 g/mol. The Morgan fingerprint density at radius 2 is 1.89 bits per heavy atom. The number of nitrogens with one attached hydrogen (secondary N) is 3. The fourth-order valence-electron chi connectivity index (χ4n) is 2.74. The lowest BCUT2D eigenvalue weighted by molar-refractivity contribution is -0.137. The summed E-state index contributed by atoms with van der Waals surface area (Å²) in [6, 6.07) is 11.6. The number of alkyl halides is 3. The first-order valence-corrected chi connectivity index (χ1v) is 9.36. The molecule has 4 nitrogen and oxygen atoms in total. The van der Waals surface area contributed by atoms with Gasteiger partial charge in [0.05, 0.1) is 11.3 Å². The molecule has 0 aliphatic heterocycles. The van der Waals surface area contributed by atoms with Crippen molar-refractivity contribution in [3.05, 3.63) is 70.4 Å². The van der Waals surface area contributed by atoms with E-state index in [1.807, 2.05) is 42.1 Å². The first-order chi connectivity index (χ1) is 13.4. The van der Waals surface area contributed by atoms with E-state index >= 15 is 0 Å². The largest absolute Gasteiger partial charge is 0.416 e. The zero-order valence-corrected chi connectivity index (χ0v) is 15.7. The molecule has 0 saturated heterocycles. The van der Waals surface area contributed by atoms with Gasteiger partial charge >= 0.3 is 12.2 Å². The second-order valence-corrected chi connectivity index (χ2v) is 6.86. The summed E-state index contributed by atoms with van der Waals surface area (Å²) in [7, 11) is 1.82. The van der Waals surface area contributed by atoms with Gasteiger partial charge in [-0.2, -0.15) is 24.5 Å². The monoisotopic (exact) mass is 405 g/mol. The minimum atomic E-state index is -4.47. The topological polar surface area (TPSA) is 53.2 Å². The van der Waals surface area contributed by atoms with Crippen LogP contribution in [-0.4, -0.2) is 13.1 Å². The van der Waals surface area contributed by atoms with Gasteiger partial charge in [0.15, 0.2) is 0 Å². The van der Waals surface area contributed by atoms with Crippen LogP contribution in [0.2, 0.25) is 0 Å². The molecule has 0 unspecified atom stereocenters. The molecule has 0 bridgehead atoms. The van der Waals surface area contributed by atoms with Crippen LogP contribution < -0.4 is 16.0 Å². The number of anilines is 2. The number of amides is 2. The Balaban J connectivity index is 1.82. The van der Waals surface area contributed by atoms with E-state index in [1.165, 1.54) is 23.5 Å². The first kappa shape index (κ1) is 19.9. The van der Waals surface area contributed by atoms with Crippen LogP contribution in [0.15, 0.2) is 59.3 Å². The summed E-state index contributed by atoms with van der Waals surface area (Å²) in [6.07, 6.45) is -4.47. The van der Waals surface area contributed by atoms with Gasteiger partial charge in [-0.15, -0.1) is 0 Å². The maximum absolute atomic E-state index is 12.8. The summed E-state index contributed by atoms with van der Waals surface area (Å²) < 4.78 is 38.5. The van der Waals surface area contributed by atoms with Crippen LogP contribution in [0.1, 0.15) is 11.1 Å². The third kappa shape index (κ3) is 4.90. The maximum atomic E-state index is 12.8. The van der Waals surface area contributed by atoms with E-state index in [1.54, 1.807) is 0 Å². The van der Waals surface area contributed by atoms with Crippen LogP contribution in [0.4, 0.5) is 29.3 Å². The van der Waals surface area contributed by atoms with E-state index in [4.69, 9.17) is 0 Å². The molecule has 1 aromatic heterocycles. The van der Waals surface area contributed by atoms with Crippen molar-refractivity contribution in [2.24, 2.45) is 0 Å². The quantitative estimate of drug-likeness (QED) is 0.503. The minimum Gasteiger partial charge on any atom is -0.316 e. The molecule has 0 spiro atoms. The zero-order valence-electron chi connectivity index (χ0n) is 14.9. The van der Waals surface area contributed by atoms with Gasteiger partial charge in [0.1, 0.15) is 0 Å². The van der Waals surface area contributed by atoms with E-state index < -0.39 is 17.8 Å². The third-order valence-electron chi connectivity index (χ3n) is 3.99. The van der Waals surface area contributed by atoms with Crippen molar-refractivity contribution in [3.8, 4) is 11.1 Å². The molecule has 3 rings (SSSR count). The van der Waals surface area contributed by atoms with E-state index in [0.717, 1.165) is 28.8 Å². The molecule has 3 N–H and O–H groups in total. The molecule has 2 aromatic carbocycles. The summed E-state index contributed by atoms with van der Waals surface area (Å²) in [5.74, 6) is 0. The molecule has 0 radical (unpaired) electrons. The van der Waals surface area contributed by atoms with Gasteiger partial charge in [0.25, 0.3) is 0 Å². The van der Waals surface area contributed by atoms with Crippen molar-refractivity contribution in [2.75, 3.05) is 17.7 Å². The average Bonchev–Trinajstić information content (AvgIpc) is 3.16. The highest BCUT2D eigenvalue weighted by molar-refractivity contribution is 7.08. The number of urea groups is 1. The Labute approximate surface area is 164 Å². The maximum Gasteiger partial charge on any atom is 0.416 e. The van der Waals surface area contributed by atoms with Crippen LogP contribution >= 0.6 is 11.3 Å². The van der Waals surface area contributed by atoms with Crippen LogP contribution in [0.3, 0.4) is 0 Å². The Hall–Kier alpha value is -2.84. The molecule has 0 aliphatic rings. The molecule has 0 saturated carbocycles. The van der Waals surface area contributed by atoms with Crippen molar-refractivity contribution in [1.29, 1.82) is 0 Å². The molecule has 0 fully saturated rings. The second kappa shape index (κ2) is 8.45. The van der Waals surface area contributed by atoms with E-state index in [9.17, 15) is 18.0 Å². The SMILES string of the molecule is CNCc1ccc(-c2ccsc2)c(NC(=O)Nc2cccc(C(F)(F)F)c2)c1. The van der Waals surface area contributed by atoms with Gasteiger partial charge in [-0.1, -0.05) is 18.2 Å². The van der Waals surface area contributed by atoms with Gasteiger partial charge in [-0.05, 0) is 59.3 Å². The lowest BCUT2D eigenvalue weighted by Crippen LogP contribution is -2.20. The molecule has 8 heteroatoms. The van der Waals surface area contributed by atoms with Crippen molar-refractivity contribution < 1.29 is 18.0 Å². The molecular formula is C20H18F3N3OS. The molecule has 28 heavy (non-hydrogen) atoms. The molecular weight excluding hydrogens is 387 g/mol. The number of carbonyl (C=O) groups excluding carboxylic acids is 1. The Morgan fingerprint density at radius 1 is 1.07 bits per heavy atom. The van der Waals surface area contributed by atoms with Gasteiger partial charge in [-0.25, -0.2) is 4.79 Å². The summed E-state index contributed by atoms with van der Waals surface area (Å²) in [6.45, 7) is 0.619. The fraction of sp³-hybridized carbons (Fsp3) is 0.150. The molecule has 1 heterocycles. The number of benzene rings is 2. The number of carbonyl (C=O) groups is 1. The number of halogens is 3. The summed E-state index contributed by atoms with van der Waals surface area (Å²) >= 11 is 1.54. The highest BCUT2D eigenvalue weighted by Gasteiger charge is 2.30. The van der Waals surface area contributed by atoms with Gasteiger partial charge in [0, 0.05) is 17.8 Å². The van der Waals surface area contributed by atoms with Gasteiger partial charge < -0.3 is 16.0 Å². The molecule has 146 valence electrons. The van der Waals surface area contributed by atoms with Crippen molar-refractivity contribution in [1.82, 2.24) is 5.32 Å². The smallest absolute Gasteiger partial charge is 0.316 e. The lowest BCUT2D eigenvalue weighted by atomic mass is 10.0. The van der Waals surface area contributed by atoms with Crippen LogP contribution in [0.5, 0.6) is 0 Å². The summed E-state index contributed by atoms with van der Waals surface area (Å²) in [4.78, 5) is 12.4. The van der Waals surface area contributed by atoms with Crippen LogP contribution in [-0.2, 0) is 12.7 Å². The Morgan fingerprint density at radius 3 is 2.57 bits per heavy atom. The standard InChI is InChI=1S/C20H18F3N3OS/c1-24-11-13-5-6-17(14-7-8-28-12-14)18(9-13)26-19(27)25-16-4-2-3-15(10-16)20(21,22)23/h2-10,12,24H,11H2,1H3,(H2,25,26,27). The van der Waals surface area contributed by atoms with Gasteiger partial charge in [-0.3, -0.25) is 0 Å². The normalized spacial score (nSPS) is 11.3. The number of thiophene rings is 1. The molecule has 2 amide bonds. The first-order valence-electron chi connectivity index (χ1n) is 8.42. The summed E-state index contributed by atoms with van der Waals surface area (Å²) in [5, 5.41) is 12.2. The molecule has 0 aliphatic carbocycles. The fourth-order valence-corrected chi connectivity index (χ4v) is 3.39. The van der Waals surface area contributed by atoms with Crippen LogP contribution in [0.25, 0.3) is 11.1 Å². The number of hydrogen-bond acceptors (Lipinski definition) is 3. The Kier molecular flexibility index (Phi) is 6.01. The predicted molar refractivity (Wildman–Crippen MR) is 107 cm³/mol. The highest BCUT2D eigenvalue weighted by Crippen LogP contribution is 2.32. The highest BCUT2D eigenvalue weighted by atomic mass is 32.1. The number of rotatable bonds is 5. The summed E-state index contributed by atoms with van der Waals surface area (Å²) in [5.41, 5.74) is 2.58. The number of hydrogen-bond donors (Lipinski definition) is 3. The lowest BCUT2D eigenvalue weighted by Gasteiger charge is -2.14. The molecule has 0 atom stereocenters. The van der Waals surface area contributed by atoms with Crippen molar-refractivity contribution >= 4 is 28.7 Å². The predicted octanol–water partition coefficient (Wildman–Crippen LogP) is 5.80. The Bertz CT molecular complexity index is 956. The van der Waals surface area contributed by atoms with Crippen molar-refractivity contribution in [2.45, 2.75) is 12.7 Å².